The van der Waals surface area contributed by atoms with Crippen molar-refractivity contribution in [3.05, 3.63) is 45.6 Å². The minimum absolute atomic E-state index is 0.103. The molecule has 0 saturated carbocycles. The van der Waals surface area contributed by atoms with Gasteiger partial charge in [0.2, 0.25) is 11.5 Å². The number of carbonyl (C=O) groups is 3. The van der Waals surface area contributed by atoms with E-state index in [2.05, 4.69) is 26.2 Å². The van der Waals surface area contributed by atoms with Gasteiger partial charge >= 0.3 is 12.1 Å². The largest absolute Gasteiger partial charge is 0.464 e. The second-order valence-electron chi connectivity index (χ2n) is 9.59. The predicted octanol–water partition coefficient (Wildman–Crippen LogP) is 3.63. The number of nitrogens with zero attached hydrogens (tertiary/aromatic N) is 2. The van der Waals surface area contributed by atoms with Crippen molar-refractivity contribution in [3.63, 3.8) is 0 Å². The molecule has 3 rings (SSSR count). The van der Waals surface area contributed by atoms with Crippen LogP contribution in [-0.4, -0.2) is 54.6 Å². The van der Waals surface area contributed by atoms with Crippen molar-refractivity contribution in [2.45, 2.75) is 51.9 Å². The van der Waals surface area contributed by atoms with Gasteiger partial charge in [0.25, 0.3) is 5.91 Å². The van der Waals surface area contributed by atoms with Gasteiger partial charge in [0.1, 0.15) is 18.4 Å². The molecule has 2 amide bonds. The summed E-state index contributed by atoms with van der Waals surface area (Å²) in [6, 6.07) is 4.02. The topological polar surface area (TPSA) is 140 Å². The van der Waals surface area contributed by atoms with E-state index < -0.39 is 46.7 Å². The first-order valence-electron chi connectivity index (χ1n) is 11.2. The molecule has 2 N–H and O–H groups in total. The van der Waals surface area contributed by atoms with Gasteiger partial charge in [0.05, 0.1) is 12.8 Å². The van der Waals surface area contributed by atoms with Crippen LogP contribution in [0.15, 0.2) is 27.1 Å². The SMILES string of the molecule is COCN1C(=O)C(O)(c2oc([C@@H](NC(=O)OC(C)(C)C)C(C)C)nc2C(=O)OC)c2cccc(Br)c21. The number of methoxy groups -OCH3 is 2. The first-order valence-corrected chi connectivity index (χ1v) is 12.0. The lowest BCUT2D eigenvalue weighted by Crippen LogP contribution is -2.42. The number of aromatic nitrogens is 1. The number of alkyl carbamates (subject to hydrolysis) is 1. The van der Waals surface area contributed by atoms with Crippen molar-refractivity contribution < 1.29 is 38.1 Å². The fourth-order valence-electron chi connectivity index (χ4n) is 3.86. The molecule has 196 valence electrons. The van der Waals surface area contributed by atoms with Crippen molar-refractivity contribution >= 4 is 39.6 Å². The minimum Gasteiger partial charge on any atom is -0.464 e. The molecule has 2 heterocycles. The fourth-order valence-corrected chi connectivity index (χ4v) is 4.44. The van der Waals surface area contributed by atoms with Crippen molar-refractivity contribution in [1.82, 2.24) is 10.3 Å². The van der Waals surface area contributed by atoms with Crippen LogP contribution >= 0.6 is 15.9 Å². The number of hydrogen-bond acceptors (Lipinski definition) is 9. The smallest absolute Gasteiger partial charge is 0.408 e. The first-order chi connectivity index (χ1) is 16.8. The standard InChI is InChI=1S/C24H30BrN3O8/c1-12(2)15(27-22(31)36-23(3,4)5)19-26-16(20(29)34-7)18(35-19)24(32)13-9-8-10-14(25)17(13)28(11-33-6)21(24)30/h8-10,12,15,32H,11H2,1-7H3,(H,27,31)/t15-,24?/m0/s1. The van der Waals surface area contributed by atoms with Crippen LogP contribution in [-0.2, 0) is 24.6 Å². The van der Waals surface area contributed by atoms with Crippen LogP contribution < -0.4 is 10.2 Å². The summed E-state index contributed by atoms with van der Waals surface area (Å²) in [5.74, 6) is -2.53. The van der Waals surface area contributed by atoms with E-state index >= 15 is 0 Å². The number of oxazole rings is 1. The summed E-state index contributed by atoms with van der Waals surface area (Å²) in [5.41, 5.74) is -3.05. The van der Waals surface area contributed by atoms with Crippen LogP contribution in [0.2, 0.25) is 0 Å². The molecule has 12 heteroatoms. The summed E-state index contributed by atoms with van der Waals surface area (Å²) in [7, 11) is 2.55. The normalized spacial score (nSPS) is 18.3. The summed E-state index contributed by atoms with van der Waals surface area (Å²) < 4.78 is 21.8. The Kier molecular flexibility index (Phi) is 7.82. The Morgan fingerprint density at radius 2 is 1.94 bits per heavy atom. The van der Waals surface area contributed by atoms with Crippen LogP contribution in [0.4, 0.5) is 10.5 Å². The van der Waals surface area contributed by atoms with Gasteiger partial charge in [0, 0.05) is 17.1 Å². The Hall–Kier alpha value is -2.96. The molecule has 1 aliphatic heterocycles. The first kappa shape index (κ1) is 27.6. The van der Waals surface area contributed by atoms with Crippen LogP contribution in [0.5, 0.6) is 0 Å². The molecular weight excluding hydrogens is 538 g/mol. The molecule has 0 spiro atoms. The number of fused-ring (bicyclic) bond motifs is 1. The number of benzene rings is 1. The molecule has 0 bridgehead atoms. The lowest BCUT2D eigenvalue weighted by atomic mass is 9.91. The van der Waals surface area contributed by atoms with Gasteiger partial charge in [-0.25, -0.2) is 14.6 Å². The van der Waals surface area contributed by atoms with Crippen LogP contribution in [0, 0.1) is 5.92 Å². The molecule has 0 aliphatic carbocycles. The molecule has 2 aromatic rings. The Balaban J connectivity index is 2.18. The third kappa shape index (κ3) is 4.97. The summed E-state index contributed by atoms with van der Waals surface area (Å²) in [6.07, 6.45) is -0.725. The molecule has 0 radical (unpaired) electrons. The Bertz CT molecular complexity index is 1170. The summed E-state index contributed by atoms with van der Waals surface area (Å²) in [5, 5.41) is 14.6. The maximum atomic E-state index is 13.6. The molecule has 1 aromatic heterocycles. The Labute approximate surface area is 217 Å². The van der Waals surface area contributed by atoms with Gasteiger partial charge in [-0.05, 0) is 48.7 Å². The summed E-state index contributed by atoms with van der Waals surface area (Å²) in [4.78, 5) is 44.3. The van der Waals surface area contributed by atoms with Crippen LogP contribution in [0.3, 0.4) is 0 Å². The molecule has 1 aliphatic rings. The molecule has 0 saturated heterocycles. The van der Waals surface area contributed by atoms with E-state index in [4.69, 9.17) is 18.6 Å². The zero-order chi connectivity index (χ0) is 27.0. The number of para-hydroxylation sites is 1. The van der Waals surface area contributed by atoms with Gasteiger partial charge in [-0.3, -0.25) is 9.69 Å². The quantitative estimate of drug-likeness (QED) is 0.479. The van der Waals surface area contributed by atoms with E-state index in [1.54, 1.807) is 46.8 Å². The zero-order valence-electron chi connectivity index (χ0n) is 21.2. The third-order valence-electron chi connectivity index (χ3n) is 5.42. The second-order valence-corrected chi connectivity index (χ2v) is 10.4. The highest BCUT2D eigenvalue weighted by Crippen LogP contribution is 2.49. The number of carbonyl (C=O) groups excluding carboxylic acids is 3. The molecule has 36 heavy (non-hydrogen) atoms. The predicted molar refractivity (Wildman–Crippen MR) is 131 cm³/mol. The van der Waals surface area contributed by atoms with Crippen LogP contribution in [0.25, 0.3) is 0 Å². The highest BCUT2D eigenvalue weighted by atomic mass is 79.9. The average Bonchev–Trinajstić information content (AvgIpc) is 3.31. The van der Waals surface area contributed by atoms with E-state index in [9.17, 15) is 19.5 Å². The summed E-state index contributed by atoms with van der Waals surface area (Å²) >= 11 is 3.41. The highest BCUT2D eigenvalue weighted by molar-refractivity contribution is 9.10. The number of rotatable bonds is 7. The number of nitrogens with one attached hydrogen (secondary N) is 1. The second kappa shape index (κ2) is 10.2. The zero-order valence-corrected chi connectivity index (χ0v) is 22.8. The molecule has 1 aromatic carbocycles. The number of anilines is 1. The van der Waals surface area contributed by atoms with Crippen molar-refractivity contribution in [1.29, 1.82) is 0 Å². The van der Waals surface area contributed by atoms with E-state index in [-0.39, 0.29) is 24.1 Å². The Morgan fingerprint density at radius 1 is 1.28 bits per heavy atom. The van der Waals surface area contributed by atoms with Crippen molar-refractivity contribution in [2.24, 2.45) is 5.92 Å². The molecule has 2 atom stereocenters. The number of aliphatic hydroxyl groups is 1. The lowest BCUT2D eigenvalue weighted by Gasteiger charge is -2.24. The maximum absolute atomic E-state index is 13.6. The minimum atomic E-state index is -2.42. The van der Waals surface area contributed by atoms with Crippen LogP contribution in [0.1, 0.15) is 68.4 Å². The maximum Gasteiger partial charge on any atom is 0.408 e. The lowest BCUT2D eigenvalue weighted by molar-refractivity contribution is -0.134. The number of amides is 2. The van der Waals surface area contributed by atoms with Gasteiger partial charge in [0.15, 0.2) is 11.5 Å². The fraction of sp³-hybridized carbons (Fsp3) is 0.500. The van der Waals surface area contributed by atoms with Gasteiger partial charge in [-0.15, -0.1) is 0 Å². The van der Waals surface area contributed by atoms with Gasteiger partial charge < -0.3 is 29.1 Å². The van der Waals surface area contributed by atoms with Gasteiger partial charge in [-0.1, -0.05) is 26.0 Å². The molecule has 1 unspecified atom stereocenters. The molecule has 11 nitrogen and oxygen atoms in total. The van der Waals surface area contributed by atoms with E-state index in [1.165, 1.54) is 18.1 Å². The number of esters is 1. The average molecular weight is 568 g/mol. The van der Waals surface area contributed by atoms with Crippen molar-refractivity contribution in [3.8, 4) is 0 Å². The van der Waals surface area contributed by atoms with E-state index in [0.29, 0.717) is 10.2 Å². The summed E-state index contributed by atoms with van der Waals surface area (Å²) in [6.45, 7) is 8.59. The monoisotopic (exact) mass is 567 g/mol. The Morgan fingerprint density at radius 3 is 2.50 bits per heavy atom. The number of ether oxygens (including phenoxy) is 3. The van der Waals surface area contributed by atoms with Gasteiger partial charge in [-0.2, -0.15) is 0 Å². The number of halogens is 1. The van der Waals surface area contributed by atoms with E-state index in [0.717, 1.165) is 7.11 Å². The van der Waals surface area contributed by atoms with Crippen molar-refractivity contribution in [2.75, 3.05) is 25.9 Å². The third-order valence-corrected chi connectivity index (χ3v) is 6.06. The van der Waals surface area contributed by atoms with E-state index in [1.807, 2.05) is 0 Å². The number of hydrogen-bond donors (Lipinski definition) is 2. The molecular formula is C24H30BrN3O8. The highest BCUT2D eigenvalue weighted by Gasteiger charge is 2.57. The molecule has 0 fully saturated rings.